The number of carbonyl (C=O) groups is 1. The van der Waals surface area contributed by atoms with Gasteiger partial charge in [0.15, 0.2) is 0 Å². The highest BCUT2D eigenvalue weighted by molar-refractivity contribution is 5.77. The number of aryl methyl sites for hydroxylation is 3. The normalized spacial score (nSPS) is 15.3. The molecular weight excluding hydrogens is 346 g/mol. The summed E-state index contributed by atoms with van der Waals surface area (Å²) in [6, 6.07) is 14.7. The number of aromatic nitrogens is 2. The van der Waals surface area contributed by atoms with Crippen molar-refractivity contribution in [3.8, 4) is 0 Å². The Bertz CT molecular complexity index is 953. The fourth-order valence-corrected chi connectivity index (χ4v) is 4.16. The number of fused-ring (bicyclic) bond motifs is 1. The number of likely N-dealkylation sites (tertiary alicyclic amines) is 1. The fourth-order valence-electron chi connectivity index (χ4n) is 4.16. The Labute approximate surface area is 167 Å². The van der Waals surface area contributed by atoms with E-state index in [1.54, 1.807) is 0 Å². The number of rotatable bonds is 5. The van der Waals surface area contributed by atoms with Gasteiger partial charge < -0.3 is 9.47 Å². The molecule has 0 spiro atoms. The first kappa shape index (κ1) is 18.7. The number of amides is 1. The van der Waals surface area contributed by atoms with Crippen molar-refractivity contribution in [3.05, 3.63) is 65.5 Å². The van der Waals surface area contributed by atoms with E-state index in [4.69, 9.17) is 0 Å². The maximum atomic E-state index is 12.5. The predicted octanol–water partition coefficient (Wildman–Crippen LogP) is 4.52. The van der Waals surface area contributed by atoms with Gasteiger partial charge in [-0.05, 0) is 67.9 Å². The fraction of sp³-hybridized carbons (Fsp3) is 0.417. The Hall–Kier alpha value is -2.62. The maximum absolute atomic E-state index is 12.5. The molecule has 0 radical (unpaired) electrons. The van der Waals surface area contributed by atoms with Gasteiger partial charge in [-0.1, -0.05) is 30.3 Å². The van der Waals surface area contributed by atoms with Gasteiger partial charge in [-0.3, -0.25) is 4.79 Å². The minimum atomic E-state index is 0.293. The van der Waals surface area contributed by atoms with Crippen molar-refractivity contribution >= 4 is 16.9 Å². The molecule has 1 aromatic heterocycles. The second-order valence-electron chi connectivity index (χ2n) is 8.13. The largest absolute Gasteiger partial charge is 0.343 e. The Morgan fingerprint density at radius 1 is 1.07 bits per heavy atom. The summed E-state index contributed by atoms with van der Waals surface area (Å²) in [5, 5.41) is 0. The van der Waals surface area contributed by atoms with Gasteiger partial charge in [0.2, 0.25) is 5.91 Å². The van der Waals surface area contributed by atoms with Crippen molar-refractivity contribution in [2.24, 2.45) is 5.92 Å². The van der Waals surface area contributed by atoms with Gasteiger partial charge in [0.05, 0.1) is 17.4 Å². The number of hydrogen-bond donors (Lipinski definition) is 0. The van der Waals surface area contributed by atoms with Crippen LogP contribution in [0.2, 0.25) is 0 Å². The van der Waals surface area contributed by atoms with Crippen LogP contribution in [-0.4, -0.2) is 33.4 Å². The maximum Gasteiger partial charge on any atom is 0.222 e. The second kappa shape index (κ2) is 8.17. The first-order chi connectivity index (χ1) is 13.6. The molecule has 4 rings (SSSR count). The van der Waals surface area contributed by atoms with E-state index in [0.29, 0.717) is 18.2 Å². The summed E-state index contributed by atoms with van der Waals surface area (Å²) in [5.74, 6) is 0.902. The van der Waals surface area contributed by atoms with Crippen LogP contribution >= 0.6 is 0 Å². The van der Waals surface area contributed by atoms with E-state index in [1.165, 1.54) is 22.2 Å². The third kappa shape index (κ3) is 4.11. The topological polar surface area (TPSA) is 38.1 Å². The van der Waals surface area contributed by atoms with Crippen LogP contribution in [0.4, 0.5) is 0 Å². The van der Waals surface area contributed by atoms with Crippen molar-refractivity contribution in [1.82, 2.24) is 14.5 Å². The van der Waals surface area contributed by atoms with Crippen LogP contribution in [0.5, 0.6) is 0 Å². The van der Waals surface area contributed by atoms with E-state index in [1.807, 2.05) is 24.5 Å². The summed E-state index contributed by atoms with van der Waals surface area (Å²) in [6.07, 6.45) is 5.56. The van der Waals surface area contributed by atoms with Crippen molar-refractivity contribution < 1.29 is 4.79 Å². The quantitative estimate of drug-likeness (QED) is 0.657. The molecule has 1 amide bonds. The minimum absolute atomic E-state index is 0.293. The summed E-state index contributed by atoms with van der Waals surface area (Å²) < 4.78 is 2.29. The number of hydrogen-bond acceptors (Lipinski definition) is 2. The molecule has 0 N–H and O–H groups in total. The second-order valence-corrected chi connectivity index (χ2v) is 8.13. The molecule has 28 heavy (non-hydrogen) atoms. The average Bonchev–Trinajstić information content (AvgIpc) is 3.09. The van der Waals surface area contributed by atoms with Gasteiger partial charge in [-0.2, -0.15) is 0 Å². The van der Waals surface area contributed by atoms with E-state index >= 15 is 0 Å². The zero-order valence-electron chi connectivity index (χ0n) is 16.9. The summed E-state index contributed by atoms with van der Waals surface area (Å²) in [4.78, 5) is 19.2. The smallest absolute Gasteiger partial charge is 0.222 e. The van der Waals surface area contributed by atoms with Gasteiger partial charge in [-0.25, -0.2) is 4.98 Å². The summed E-state index contributed by atoms with van der Waals surface area (Å²) in [5.41, 5.74) is 6.15. The van der Waals surface area contributed by atoms with E-state index in [0.717, 1.165) is 44.4 Å². The summed E-state index contributed by atoms with van der Waals surface area (Å²) >= 11 is 0. The minimum Gasteiger partial charge on any atom is -0.343 e. The van der Waals surface area contributed by atoms with Crippen LogP contribution in [0.3, 0.4) is 0 Å². The van der Waals surface area contributed by atoms with Crippen LogP contribution in [0.1, 0.15) is 36.0 Å². The molecular formula is C24H29N3O. The Balaban J connectivity index is 1.31. The number of carbonyl (C=O) groups excluding carboxylic acids is 1. The molecule has 4 heteroatoms. The third-order valence-electron chi connectivity index (χ3n) is 6.13. The van der Waals surface area contributed by atoms with E-state index < -0.39 is 0 Å². The van der Waals surface area contributed by atoms with Crippen LogP contribution in [0, 0.1) is 19.8 Å². The van der Waals surface area contributed by atoms with Crippen molar-refractivity contribution in [2.75, 3.05) is 13.1 Å². The molecule has 0 unspecified atom stereocenters. The van der Waals surface area contributed by atoms with Gasteiger partial charge in [0.25, 0.3) is 0 Å². The number of imidazole rings is 1. The SMILES string of the molecule is Cc1cc2ncn(CC3CCN(C(=O)CCc4ccccc4)CC3)c2cc1C. The highest BCUT2D eigenvalue weighted by atomic mass is 16.2. The molecule has 1 saturated heterocycles. The zero-order chi connectivity index (χ0) is 19.5. The standard InChI is InChI=1S/C24H29N3O/c1-18-14-22-23(15-19(18)2)27(17-25-22)16-21-10-12-26(13-11-21)24(28)9-8-20-6-4-3-5-7-20/h3-7,14-15,17,21H,8-13,16H2,1-2H3. The zero-order valence-corrected chi connectivity index (χ0v) is 16.9. The lowest BCUT2D eigenvalue weighted by Gasteiger charge is -2.32. The van der Waals surface area contributed by atoms with Crippen molar-refractivity contribution in [3.63, 3.8) is 0 Å². The molecule has 1 fully saturated rings. The Morgan fingerprint density at radius 2 is 1.79 bits per heavy atom. The average molecular weight is 376 g/mol. The highest BCUT2D eigenvalue weighted by Crippen LogP contribution is 2.24. The molecule has 1 aliphatic rings. The van der Waals surface area contributed by atoms with Gasteiger partial charge in [-0.15, -0.1) is 0 Å². The molecule has 0 atom stereocenters. The van der Waals surface area contributed by atoms with Crippen LogP contribution < -0.4 is 0 Å². The summed E-state index contributed by atoms with van der Waals surface area (Å²) in [7, 11) is 0. The lowest BCUT2D eigenvalue weighted by molar-refractivity contribution is -0.132. The monoisotopic (exact) mass is 375 g/mol. The van der Waals surface area contributed by atoms with E-state index in [9.17, 15) is 4.79 Å². The Morgan fingerprint density at radius 3 is 2.54 bits per heavy atom. The molecule has 0 saturated carbocycles. The first-order valence-corrected chi connectivity index (χ1v) is 10.3. The molecule has 1 aliphatic heterocycles. The molecule has 0 aliphatic carbocycles. The predicted molar refractivity (Wildman–Crippen MR) is 113 cm³/mol. The lowest BCUT2D eigenvalue weighted by Crippen LogP contribution is -2.39. The molecule has 2 aromatic carbocycles. The number of nitrogens with zero attached hydrogens (tertiary/aromatic N) is 3. The van der Waals surface area contributed by atoms with Gasteiger partial charge >= 0.3 is 0 Å². The van der Waals surface area contributed by atoms with Gasteiger partial charge in [0, 0.05) is 26.1 Å². The number of piperidine rings is 1. The van der Waals surface area contributed by atoms with E-state index in [-0.39, 0.29) is 0 Å². The lowest BCUT2D eigenvalue weighted by atomic mass is 9.96. The van der Waals surface area contributed by atoms with E-state index in [2.05, 4.69) is 52.6 Å². The van der Waals surface area contributed by atoms with Gasteiger partial charge in [0.1, 0.15) is 0 Å². The first-order valence-electron chi connectivity index (χ1n) is 10.3. The highest BCUT2D eigenvalue weighted by Gasteiger charge is 2.23. The molecule has 3 aromatic rings. The van der Waals surface area contributed by atoms with Crippen LogP contribution in [0.25, 0.3) is 11.0 Å². The van der Waals surface area contributed by atoms with Crippen molar-refractivity contribution in [1.29, 1.82) is 0 Å². The molecule has 4 nitrogen and oxygen atoms in total. The van der Waals surface area contributed by atoms with Crippen LogP contribution in [0.15, 0.2) is 48.8 Å². The molecule has 2 heterocycles. The van der Waals surface area contributed by atoms with Crippen molar-refractivity contribution in [2.45, 2.75) is 46.1 Å². The Kier molecular flexibility index (Phi) is 5.47. The summed E-state index contributed by atoms with van der Waals surface area (Å²) in [6.45, 7) is 7.04. The third-order valence-corrected chi connectivity index (χ3v) is 6.13. The molecule has 0 bridgehead atoms. The number of benzene rings is 2. The van der Waals surface area contributed by atoms with Crippen LogP contribution in [-0.2, 0) is 17.8 Å². The molecule has 146 valence electrons.